The van der Waals surface area contributed by atoms with Gasteiger partial charge in [0, 0.05) is 5.25 Å². The van der Waals surface area contributed by atoms with E-state index in [1.165, 1.54) is 84.0 Å². The second kappa shape index (κ2) is 20.8. The van der Waals surface area contributed by atoms with E-state index in [4.69, 9.17) is 0 Å². The summed E-state index contributed by atoms with van der Waals surface area (Å²) in [6, 6.07) is 0. The summed E-state index contributed by atoms with van der Waals surface area (Å²) in [4.78, 5) is 0. The van der Waals surface area contributed by atoms with Gasteiger partial charge in [-0.25, -0.2) is 8.42 Å². The van der Waals surface area contributed by atoms with E-state index < -0.39 is 21.5 Å². The van der Waals surface area contributed by atoms with Crippen LogP contribution in [0, 0.1) is 0 Å². The Morgan fingerprint density at radius 1 is 0.704 bits per heavy atom. The van der Waals surface area contributed by atoms with E-state index >= 15 is 0 Å². The van der Waals surface area contributed by atoms with Crippen molar-refractivity contribution in [3.8, 4) is 0 Å². The number of rotatable bonds is 19. The van der Waals surface area contributed by atoms with Crippen LogP contribution in [0.5, 0.6) is 0 Å². The molecule has 0 aromatic rings. The Morgan fingerprint density at radius 2 is 1.07 bits per heavy atom. The quantitative estimate of drug-likeness (QED) is 0.194. The van der Waals surface area contributed by atoms with Crippen molar-refractivity contribution < 1.29 is 69.5 Å². The Morgan fingerprint density at radius 3 is 1.44 bits per heavy atom. The Hall–Kier alpha value is 1.51. The molecule has 0 bridgehead atoms. The molecule has 2 atom stereocenters. The normalized spacial score (nSPS) is 13.9. The van der Waals surface area contributed by atoms with E-state index in [1.54, 1.807) is 0 Å². The first-order valence-electron chi connectivity index (χ1n) is 11.0. The van der Waals surface area contributed by atoms with Gasteiger partial charge in [-0.2, -0.15) is 0 Å². The number of hydrogen-bond acceptors (Lipinski definition) is 4. The summed E-state index contributed by atoms with van der Waals surface area (Å²) in [5, 5.41) is 8.96. The molecule has 1 N–H and O–H groups in total. The first-order chi connectivity index (χ1) is 12.4. The molecule has 0 saturated heterocycles. The van der Waals surface area contributed by atoms with Crippen LogP contribution in [0.1, 0.15) is 123 Å². The smallest absolute Gasteiger partial charge is 0.748 e. The maximum Gasteiger partial charge on any atom is 1.00 e. The molecule has 0 rings (SSSR count). The molecule has 0 saturated carbocycles. The van der Waals surface area contributed by atoms with Gasteiger partial charge in [0.15, 0.2) is 0 Å². The zero-order chi connectivity index (χ0) is 19.7. The van der Waals surface area contributed by atoms with E-state index in [-0.39, 0.29) is 57.8 Å². The SMILES string of the molecule is CCCCCCCCCCCCCCCCC(O)CCC(C)S(=O)(=O)[O-].[K+]. The summed E-state index contributed by atoms with van der Waals surface area (Å²) in [6.45, 7) is 3.68. The third-order valence-corrected chi connectivity index (χ3v) is 6.51. The monoisotopic (exact) mass is 430 g/mol. The Kier molecular flexibility index (Phi) is 23.6. The molecule has 0 radical (unpaired) electrons. The molecule has 0 aromatic carbocycles. The molecule has 0 heterocycles. The zero-order valence-corrected chi connectivity index (χ0v) is 22.2. The molecular formula is C21H43KO4S. The van der Waals surface area contributed by atoms with Crippen LogP contribution in [0.2, 0.25) is 0 Å². The molecule has 0 aromatic heterocycles. The van der Waals surface area contributed by atoms with Crippen molar-refractivity contribution in [2.24, 2.45) is 0 Å². The van der Waals surface area contributed by atoms with Crippen molar-refractivity contribution in [1.29, 1.82) is 0 Å². The van der Waals surface area contributed by atoms with Crippen LogP contribution in [0.3, 0.4) is 0 Å². The van der Waals surface area contributed by atoms with E-state index in [0.29, 0.717) is 12.8 Å². The first kappa shape index (κ1) is 30.7. The molecule has 0 amide bonds. The predicted molar refractivity (Wildman–Crippen MR) is 109 cm³/mol. The topological polar surface area (TPSA) is 77.4 Å². The van der Waals surface area contributed by atoms with E-state index in [1.807, 2.05) is 0 Å². The fraction of sp³-hybridized carbons (Fsp3) is 1.00. The van der Waals surface area contributed by atoms with Gasteiger partial charge < -0.3 is 9.66 Å². The van der Waals surface area contributed by atoms with Crippen molar-refractivity contribution in [3.63, 3.8) is 0 Å². The third kappa shape index (κ3) is 22.0. The van der Waals surface area contributed by atoms with Crippen molar-refractivity contribution >= 4 is 10.1 Å². The molecule has 0 aliphatic rings. The summed E-state index contributed by atoms with van der Waals surface area (Å²) in [5.74, 6) is 0. The minimum atomic E-state index is -4.21. The zero-order valence-electron chi connectivity index (χ0n) is 18.3. The Labute approximate surface area is 211 Å². The van der Waals surface area contributed by atoms with Crippen LogP contribution in [0.15, 0.2) is 0 Å². The summed E-state index contributed by atoms with van der Waals surface area (Å²) >= 11 is 0. The van der Waals surface area contributed by atoms with Crippen LogP contribution in [-0.4, -0.2) is 29.4 Å². The summed E-state index contributed by atoms with van der Waals surface area (Å²) < 4.78 is 32.4. The number of unbranched alkanes of at least 4 members (excludes halogenated alkanes) is 13. The fourth-order valence-corrected chi connectivity index (χ4v) is 3.72. The van der Waals surface area contributed by atoms with Gasteiger partial charge in [-0.1, -0.05) is 96.8 Å². The second-order valence-electron chi connectivity index (χ2n) is 7.92. The summed E-state index contributed by atoms with van der Waals surface area (Å²) in [6.07, 6.45) is 19.2. The van der Waals surface area contributed by atoms with Gasteiger partial charge in [-0.15, -0.1) is 0 Å². The number of aliphatic hydroxyl groups is 1. The fourth-order valence-electron chi connectivity index (χ4n) is 3.29. The maximum atomic E-state index is 10.8. The van der Waals surface area contributed by atoms with Crippen molar-refractivity contribution in [2.45, 2.75) is 134 Å². The minimum absolute atomic E-state index is 0. The minimum Gasteiger partial charge on any atom is -0.748 e. The summed E-state index contributed by atoms with van der Waals surface area (Å²) in [5.41, 5.74) is 0. The predicted octanol–water partition coefficient (Wildman–Crippen LogP) is 2.94. The van der Waals surface area contributed by atoms with Gasteiger partial charge in [0.1, 0.15) is 0 Å². The molecule has 2 unspecified atom stereocenters. The van der Waals surface area contributed by atoms with Gasteiger partial charge in [-0.3, -0.25) is 0 Å². The van der Waals surface area contributed by atoms with Crippen LogP contribution < -0.4 is 51.4 Å². The van der Waals surface area contributed by atoms with E-state index in [2.05, 4.69) is 6.92 Å². The van der Waals surface area contributed by atoms with Gasteiger partial charge >= 0.3 is 51.4 Å². The molecule has 158 valence electrons. The summed E-state index contributed by atoms with van der Waals surface area (Å²) in [7, 11) is -4.21. The largest absolute Gasteiger partial charge is 1.00 e. The van der Waals surface area contributed by atoms with Gasteiger partial charge in [0.25, 0.3) is 0 Å². The van der Waals surface area contributed by atoms with Gasteiger partial charge in [0.2, 0.25) is 0 Å². The number of aliphatic hydroxyl groups excluding tert-OH is 1. The Balaban J connectivity index is 0. The standard InChI is InChI=1S/C21H44O4S.K/c1-3-4-5-6-7-8-9-10-11-12-13-14-15-16-17-21(22)19-18-20(2)26(23,24)25;/h20-22H,3-19H2,1-2H3,(H,23,24,25);/q;+1/p-1. The Bertz CT molecular complexity index is 401. The van der Waals surface area contributed by atoms with Crippen LogP contribution in [-0.2, 0) is 10.1 Å². The van der Waals surface area contributed by atoms with Gasteiger partial charge in [-0.05, 0) is 26.2 Å². The molecule has 6 heteroatoms. The van der Waals surface area contributed by atoms with E-state index in [9.17, 15) is 18.1 Å². The number of hydrogen-bond donors (Lipinski definition) is 1. The second-order valence-corrected chi connectivity index (χ2v) is 9.71. The van der Waals surface area contributed by atoms with E-state index in [0.717, 1.165) is 12.8 Å². The van der Waals surface area contributed by atoms with Crippen molar-refractivity contribution in [1.82, 2.24) is 0 Å². The average molecular weight is 431 g/mol. The molecule has 0 fully saturated rings. The van der Waals surface area contributed by atoms with Crippen LogP contribution in [0.4, 0.5) is 0 Å². The van der Waals surface area contributed by atoms with Crippen molar-refractivity contribution in [3.05, 3.63) is 0 Å². The molecule has 27 heavy (non-hydrogen) atoms. The van der Waals surface area contributed by atoms with Crippen LogP contribution >= 0.6 is 0 Å². The third-order valence-electron chi connectivity index (χ3n) is 5.29. The van der Waals surface area contributed by atoms with Crippen molar-refractivity contribution in [2.75, 3.05) is 0 Å². The molecule has 4 nitrogen and oxygen atoms in total. The van der Waals surface area contributed by atoms with Crippen LogP contribution in [0.25, 0.3) is 0 Å². The first-order valence-corrected chi connectivity index (χ1v) is 12.5. The molecule has 0 aliphatic carbocycles. The average Bonchev–Trinajstić information content (AvgIpc) is 2.59. The molecule has 0 aliphatic heterocycles. The molecular weight excluding hydrogens is 387 g/mol. The molecule has 0 spiro atoms. The maximum absolute atomic E-state index is 10.8. The van der Waals surface area contributed by atoms with Gasteiger partial charge in [0.05, 0.1) is 16.2 Å².